The molecule has 82 valence electrons. The van der Waals surface area contributed by atoms with E-state index in [9.17, 15) is 18.0 Å². The summed E-state index contributed by atoms with van der Waals surface area (Å²) in [5.41, 5.74) is -0.586. The fourth-order valence-electron chi connectivity index (χ4n) is 1.01. The van der Waals surface area contributed by atoms with Crippen molar-refractivity contribution in [3.63, 3.8) is 0 Å². The summed E-state index contributed by atoms with van der Waals surface area (Å²) in [5.74, 6) is -2.12. The highest BCUT2D eigenvalue weighted by Gasteiger charge is 2.40. The molecule has 0 aliphatic heterocycles. The minimum atomic E-state index is -4.93. The van der Waals surface area contributed by atoms with Crippen LogP contribution in [0.2, 0.25) is 5.02 Å². The molecule has 0 unspecified atom stereocenters. The number of ketones is 1. The van der Waals surface area contributed by atoms with E-state index in [-0.39, 0.29) is 10.8 Å². The first-order chi connectivity index (χ1) is 6.86. The maximum Gasteiger partial charge on any atom is 0.455 e. The van der Waals surface area contributed by atoms with Crippen LogP contribution in [0.25, 0.3) is 0 Å². The molecule has 15 heavy (non-hydrogen) atoms. The molecule has 1 aromatic rings. The molecule has 0 saturated heterocycles. The van der Waals surface area contributed by atoms with Crippen LogP contribution < -0.4 is 4.74 Å². The number of halogens is 4. The molecular weight excluding hydrogens is 233 g/mol. The summed E-state index contributed by atoms with van der Waals surface area (Å²) in [7, 11) is 1.18. The molecule has 0 atom stereocenters. The van der Waals surface area contributed by atoms with Gasteiger partial charge in [0, 0.05) is 5.02 Å². The Morgan fingerprint density at radius 1 is 1.40 bits per heavy atom. The summed E-state index contributed by atoms with van der Waals surface area (Å²) in [6.07, 6.45) is -4.93. The van der Waals surface area contributed by atoms with Crippen molar-refractivity contribution in [2.24, 2.45) is 0 Å². The maximum absolute atomic E-state index is 12.1. The maximum atomic E-state index is 12.1. The Bertz CT molecular complexity index is 387. The first-order valence-electron chi connectivity index (χ1n) is 3.81. The highest BCUT2D eigenvalue weighted by Crippen LogP contribution is 2.29. The van der Waals surface area contributed by atoms with Crippen molar-refractivity contribution in [1.29, 1.82) is 0 Å². The van der Waals surface area contributed by atoms with Crippen molar-refractivity contribution in [2.45, 2.75) is 6.18 Å². The van der Waals surface area contributed by atoms with Gasteiger partial charge in [-0.3, -0.25) is 4.79 Å². The molecule has 2 nitrogen and oxygen atoms in total. The standard InChI is InChI=1S/C9H6ClF3O2/c1-15-7-3-2-5(10)4-6(7)8(14)9(11,12)13/h2-4H,1H3. The van der Waals surface area contributed by atoms with Crippen LogP contribution in [0.5, 0.6) is 5.75 Å². The number of rotatable bonds is 2. The third-order valence-electron chi connectivity index (χ3n) is 1.66. The molecule has 6 heteroatoms. The molecule has 0 amide bonds. The number of carbonyl (C=O) groups excluding carboxylic acids is 1. The monoisotopic (exact) mass is 238 g/mol. The Hall–Kier alpha value is -1.23. The van der Waals surface area contributed by atoms with Gasteiger partial charge in [-0.2, -0.15) is 13.2 Å². The average molecular weight is 239 g/mol. The van der Waals surface area contributed by atoms with Crippen molar-refractivity contribution < 1.29 is 22.7 Å². The van der Waals surface area contributed by atoms with Crippen LogP contribution in [0.4, 0.5) is 13.2 Å². The number of Topliss-reactive ketones (excluding diaryl/α,β-unsaturated/α-hetero) is 1. The number of carbonyl (C=O) groups is 1. The van der Waals surface area contributed by atoms with Crippen molar-refractivity contribution in [1.82, 2.24) is 0 Å². The van der Waals surface area contributed by atoms with Crippen LogP contribution in [0.1, 0.15) is 10.4 Å². The normalized spacial score (nSPS) is 11.3. The van der Waals surface area contributed by atoms with Crippen molar-refractivity contribution in [3.05, 3.63) is 28.8 Å². The van der Waals surface area contributed by atoms with Gasteiger partial charge in [0.05, 0.1) is 12.7 Å². The Morgan fingerprint density at radius 3 is 2.47 bits per heavy atom. The molecule has 0 radical (unpaired) electrons. The zero-order valence-corrected chi connectivity index (χ0v) is 8.32. The van der Waals surface area contributed by atoms with Gasteiger partial charge in [0.1, 0.15) is 5.75 Å². The highest BCUT2D eigenvalue weighted by atomic mass is 35.5. The molecule has 0 aliphatic carbocycles. The molecule has 0 fully saturated rings. The Labute approximate surface area is 88.6 Å². The number of hydrogen-bond acceptors (Lipinski definition) is 2. The van der Waals surface area contributed by atoms with Crippen LogP contribution in [-0.2, 0) is 0 Å². The quantitative estimate of drug-likeness (QED) is 0.740. The fraction of sp³-hybridized carbons (Fsp3) is 0.222. The van der Waals surface area contributed by atoms with E-state index in [1.54, 1.807) is 0 Å². The lowest BCUT2D eigenvalue weighted by Gasteiger charge is -2.09. The van der Waals surface area contributed by atoms with Crippen LogP contribution in [0.3, 0.4) is 0 Å². The first kappa shape index (κ1) is 11.8. The molecule has 0 saturated carbocycles. The van der Waals surface area contributed by atoms with Crippen molar-refractivity contribution >= 4 is 17.4 Å². The molecule has 0 aromatic heterocycles. The fourth-order valence-corrected chi connectivity index (χ4v) is 1.18. The van der Waals surface area contributed by atoms with E-state index >= 15 is 0 Å². The lowest BCUT2D eigenvalue weighted by atomic mass is 10.1. The minimum Gasteiger partial charge on any atom is -0.496 e. The van der Waals surface area contributed by atoms with E-state index in [0.29, 0.717) is 0 Å². The molecule has 0 N–H and O–H groups in total. The van der Waals surface area contributed by atoms with Gasteiger partial charge in [0.25, 0.3) is 5.78 Å². The third-order valence-corrected chi connectivity index (χ3v) is 1.90. The van der Waals surface area contributed by atoms with Gasteiger partial charge in [-0.15, -0.1) is 0 Å². The molecule has 0 spiro atoms. The van der Waals surface area contributed by atoms with E-state index in [1.165, 1.54) is 19.2 Å². The SMILES string of the molecule is COc1ccc(Cl)cc1C(=O)C(F)(F)F. The largest absolute Gasteiger partial charge is 0.496 e. The molecule has 1 rings (SSSR count). The van der Waals surface area contributed by atoms with Crippen LogP contribution >= 0.6 is 11.6 Å². The predicted molar refractivity (Wildman–Crippen MR) is 48.4 cm³/mol. The van der Waals surface area contributed by atoms with Gasteiger partial charge in [-0.05, 0) is 18.2 Å². The Kier molecular flexibility index (Phi) is 3.24. The molecule has 0 heterocycles. The van der Waals surface area contributed by atoms with E-state index < -0.39 is 17.5 Å². The second-order valence-electron chi connectivity index (χ2n) is 2.67. The summed E-state index contributed by atoms with van der Waals surface area (Å²) >= 11 is 5.49. The van der Waals surface area contributed by atoms with E-state index in [4.69, 9.17) is 11.6 Å². The smallest absolute Gasteiger partial charge is 0.455 e. The van der Waals surface area contributed by atoms with Gasteiger partial charge in [0.15, 0.2) is 0 Å². The van der Waals surface area contributed by atoms with Crippen LogP contribution in [0.15, 0.2) is 18.2 Å². The summed E-state index contributed by atoms with van der Waals surface area (Å²) in [6, 6.07) is 3.48. The van der Waals surface area contributed by atoms with Crippen LogP contribution in [0, 0.1) is 0 Å². The number of hydrogen-bond donors (Lipinski definition) is 0. The molecular formula is C9H6ClF3O2. The summed E-state index contributed by atoms with van der Waals surface area (Å²) in [6.45, 7) is 0. The van der Waals surface area contributed by atoms with Gasteiger partial charge >= 0.3 is 6.18 Å². The number of methoxy groups -OCH3 is 1. The van der Waals surface area contributed by atoms with Gasteiger partial charge < -0.3 is 4.74 Å². The van der Waals surface area contributed by atoms with Gasteiger partial charge in [-0.1, -0.05) is 11.6 Å². The number of benzene rings is 1. The zero-order chi connectivity index (χ0) is 11.6. The van der Waals surface area contributed by atoms with E-state index in [2.05, 4.69) is 4.74 Å². The van der Waals surface area contributed by atoms with E-state index in [0.717, 1.165) is 6.07 Å². The van der Waals surface area contributed by atoms with E-state index in [1.807, 2.05) is 0 Å². The summed E-state index contributed by atoms with van der Waals surface area (Å²) in [4.78, 5) is 10.9. The third kappa shape index (κ3) is 2.62. The average Bonchev–Trinajstić information content (AvgIpc) is 2.15. The second kappa shape index (κ2) is 4.10. The van der Waals surface area contributed by atoms with Crippen molar-refractivity contribution in [3.8, 4) is 5.75 Å². The molecule has 1 aromatic carbocycles. The first-order valence-corrected chi connectivity index (χ1v) is 4.19. The molecule has 0 bridgehead atoms. The number of ether oxygens (including phenoxy) is 1. The van der Waals surface area contributed by atoms with Gasteiger partial charge in [-0.25, -0.2) is 0 Å². The topological polar surface area (TPSA) is 26.3 Å². The minimum absolute atomic E-state index is 0.0448. The Morgan fingerprint density at radius 2 is 2.00 bits per heavy atom. The lowest BCUT2D eigenvalue weighted by molar-refractivity contribution is -0.0886. The van der Waals surface area contributed by atoms with Crippen LogP contribution in [-0.4, -0.2) is 19.1 Å². The second-order valence-corrected chi connectivity index (χ2v) is 3.11. The highest BCUT2D eigenvalue weighted by molar-refractivity contribution is 6.31. The molecule has 0 aliphatic rings. The van der Waals surface area contributed by atoms with Gasteiger partial charge in [0.2, 0.25) is 0 Å². The predicted octanol–water partition coefficient (Wildman–Crippen LogP) is 3.09. The number of alkyl halides is 3. The van der Waals surface area contributed by atoms with Crippen molar-refractivity contribution in [2.75, 3.05) is 7.11 Å². The zero-order valence-electron chi connectivity index (χ0n) is 7.56. The summed E-state index contributed by atoms with van der Waals surface area (Å²) in [5, 5.41) is 0.0448. The summed E-state index contributed by atoms with van der Waals surface area (Å²) < 4.78 is 41.0. The Balaban J connectivity index is 3.23. The lowest BCUT2D eigenvalue weighted by Crippen LogP contribution is -2.23.